The highest BCUT2D eigenvalue weighted by Crippen LogP contribution is 2.35. The van der Waals surface area contributed by atoms with Crippen molar-refractivity contribution < 1.29 is 9.84 Å². The zero-order chi connectivity index (χ0) is 10.6. The number of nitrogens with two attached hydrogens (primary N) is 1. The molecule has 1 fully saturated rings. The summed E-state index contributed by atoms with van der Waals surface area (Å²) in [4.78, 5) is 0. The van der Waals surface area contributed by atoms with E-state index in [4.69, 9.17) is 10.5 Å². The molecule has 0 amide bonds. The van der Waals surface area contributed by atoms with Crippen molar-refractivity contribution in [2.75, 3.05) is 19.8 Å². The lowest BCUT2D eigenvalue weighted by Crippen LogP contribution is -2.45. The quantitative estimate of drug-likeness (QED) is 0.701. The summed E-state index contributed by atoms with van der Waals surface area (Å²) >= 11 is 0. The summed E-state index contributed by atoms with van der Waals surface area (Å²) in [7, 11) is 0. The molecule has 1 heterocycles. The van der Waals surface area contributed by atoms with Crippen molar-refractivity contribution in [2.24, 2.45) is 17.1 Å². The Bertz CT molecular complexity index is 167. The molecule has 3 unspecified atom stereocenters. The molecule has 1 aliphatic rings. The summed E-state index contributed by atoms with van der Waals surface area (Å²) in [6, 6.07) is 0. The molecule has 84 valence electrons. The first kappa shape index (κ1) is 12.0. The van der Waals surface area contributed by atoms with E-state index < -0.39 is 0 Å². The monoisotopic (exact) mass is 201 g/mol. The smallest absolute Gasteiger partial charge is 0.0656 e. The molecule has 0 spiro atoms. The fourth-order valence-corrected chi connectivity index (χ4v) is 2.35. The second kappa shape index (κ2) is 5.10. The van der Waals surface area contributed by atoms with Crippen molar-refractivity contribution in [1.82, 2.24) is 0 Å². The molecule has 0 aromatic heterocycles. The van der Waals surface area contributed by atoms with Gasteiger partial charge in [0, 0.05) is 18.6 Å². The SMILES string of the molecule is CCCC(C)C(O)C1(CN)CCOC1. The summed E-state index contributed by atoms with van der Waals surface area (Å²) in [6.07, 6.45) is 2.76. The highest BCUT2D eigenvalue weighted by atomic mass is 16.5. The van der Waals surface area contributed by atoms with Gasteiger partial charge in [-0.2, -0.15) is 0 Å². The predicted octanol–water partition coefficient (Wildman–Crippen LogP) is 1.15. The van der Waals surface area contributed by atoms with Crippen LogP contribution >= 0.6 is 0 Å². The maximum absolute atomic E-state index is 10.2. The largest absolute Gasteiger partial charge is 0.392 e. The van der Waals surface area contributed by atoms with Crippen LogP contribution in [-0.2, 0) is 4.74 Å². The lowest BCUT2D eigenvalue weighted by atomic mass is 9.75. The minimum atomic E-state index is -0.310. The first-order chi connectivity index (χ1) is 6.66. The van der Waals surface area contributed by atoms with E-state index in [0.29, 0.717) is 19.1 Å². The third-order valence-corrected chi connectivity index (χ3v) is 3.45. The van der Waals surface area contributed by atoms with Gasteiger partial charge < -0.3 is 15.6 Å². The number of hydrogen-bond donors (Lipinski definition) is 2. The number of aliphatic hydroxyl groups excluding tert-OH is 1. The zero-order valence-corrected chi connectivity index (χ0v) is 9.33. The maximum atomic E-state index is 10.2. The first-order valence-corrected chi connectivity index (χ1v) is 5.62. The molecule has 1 aliphatic heterocycles. The van der Waals surface area contributed by atoms with Gasteiger partial charge in [-0.05, 0) is 18.8 Å². The molecule has 0 aromatic rings. The average molecular weight is 201 g/mol. The Hall–Kier alpha value is -0.120. The molecule has 3 heteroatoms. The summed E-state index contributed by atoms with van der Waals surface area (Å²) in [5.41, 5.74) is 5.59. The number of ether oxygens (including phenoxy) is 1. The number of rotatable bonds is 5. The normalized spacial score (nSPS) is 31.7. The van der Waals surface area contributed by atoms with Gasteiger partial charge in [0.1, 0.15) is 0 Å². The molecule has 0 aliphatic carbocycles. The van der Waals surface area contributed by atoms with Gasteiger partial charge in [-0.1, -0.05) is 20.3 Å². The van der Waals surface area contributed by atoms with E-state index in [0.717, 1.165) is 25.9 Å². The van der Waals surface area contributed by atoms with E-state index in [2.05, 4.69) is 13.8 Å². The fourth-order valence-electron chi connectivity index (χ4n) is 2.35. The molecule has 0 saturated carbocycles. The second-order valence-corrected chi connectivity index (χ2v) is 4.58. The Balaban J connectivity index is 2.59. The van der Waals surface area contributed by atoms with Crippen LogP contribution in [0.4, 0.5) is 0 Å². The van der Waals surface area contributed by atoms with Crippen LogP contribution in [0.1, 0.15) is 33.1 Å². The summed E-state index contributed by atoms with van der Waals surface area (Å²) in [5, 5.41) is 10.2. The zero-order valence-electron chi connectivity index (χ0n) is 9.33. The Morgan fingerprint density at radius 1 is 1.57 bits per heavy atom. The van der Waals surface area contributed by atoms with Crippen molar-refractivity contribution in [1.29, 1.82) is 0 Å². The number of aliphatic hydroxyl groups is 1. The van der Waals surface area contributed by atoms with Crippen LogP contribution in [0, 0.1) is 11.3 Å². The molecule has 3 nitrogen and oxygen atoms in total. The first-order valence-electron chi connectivity index (χ1n) is 5.62. The van der Waals surface area contributed by atoms with E-state index in [9.17, 15) is 5.11 Å². The van der Waals surface area contributed by atoms with Crippen molar-refractivity contribution in [2.45, 2.75) is 39.2 Å². The van der Waals surface area contributed by atoms with E-state index in [1.807, 2.05) is 0 Å². The van der Waals surface area contributed by atoms with Gasteiger partial charge in [0.15, 0.2) is 0 Å². The third-order valence-electron chi connectivity index (χ3n) is 3.45. The molecule has 14 heavy (non-hydrogen) atoms. The van der Waals surface area contributed by atoms with Crippen LogP contribution in [0.25, 0.3) is 0 Å². The molecule has 1 saturated heterocycles. The lowest BCUT2D eigenvalue weighted by molar-refractivity contribution is -0.0173. The average Bonchev–Trinajstić information content (AvgIpc) is 2.66. The topological polar surface area (TPSA) is 55.5 Å². The van der Waals surface area contributed by atoms with Gasteiger partial charge in [-0.3, -0.25) is 0 Å². The minimum absolute atomic E-state index is 0.172. The second-order valence-electron chi connectivity index (χ2n) is 4.58. The molecule has 3 N–H and O–H groups in total. The predicted molar refractivity (Wildman–Crippen MR) is 57.0 cm³/mol. The van der Waals surface area contributed by atoms with E-state index >= 15 is 0 Å². The molecule has 1 rings (SSSR count). The van der Waals surface area contributed by atoms with Crippen LogP contribution in [0.15, 0.2) is 0 Å². The van der Waals surface area contributed by atoms with Crippen LogP contribution in [0.5, 0.6) is 0 Å². The lowest BCUT2D eigenvalue weighted by Gasteiger charge is -2.35. The van der Waals surface area contributed by atoms with Crippen LogP contribution in [0.2, 0.25) is 0 Å². The van der Waals surface area contributed by atoms with Gasteiger partial charge in [0.25, 0.3) is 0 Å². The number of hydrogen-bond acceptors (Lipinski definition) is 3. The summed E-state index contributed by atoms with van der Waals surface area (Å²) < 4.78 is 5.36. The summed E-state index contributed by atoms with van der Waals surface area (Å²) in [6.45, 7) is 6.14. The van der Waals surface area contributed by atoms with E-state index in [1.54, 1.807) is 0 Å². The van der Waals surface area contributed by atoms with E-state index in [1.165, 1.54) is 0 Å². The molecule has 0 bridgehead atoms. The Morgan fingerprint density at radius 3 is 2.71 bits per heavy atom. The Labute approximate surface area is 86.6 Å². The molecular formula is C11H23NO2. The van der Waals surface area contributed by atoms with Crippen molar-refractivity contribution >= 4 is 0 Å². The van der Waals surface area contributed by atoms with E-state index in [-0.39, 0.29) is 11.5 Å². The molecule has 0 aromatic carbocycles. The standard InChI is InChI=1S/C11H23NO2/c1-3-4-9(2)10(13)11(7-12)5-6-14-8-11/h9-10,13H,3-8,12H2,1-2H3. The van der Waals surface area contributed by atoms with Gasteiger partial charge in [-0.15, -0.1) is 0 Å². The van der Waals surface area contributed by atoms with Gasteiger partial charge in [0.2, 0.25) is 0 Å². The third kappa shape index (κ3) is 2.27. The van der Waals surface area contributed by atoms with Crippen molar-refractivity contribution in [3.05, 3.63) is 0 Å². The Morgan fingerprint density at radius 2 is 2.29 bits per heavy atom. The highest BCUT2D eigenvalue weighted by Gasteiger charge is 2.42. The van der Waals surface area contributed by atoms with Crippen molar-refractivity contribution in [3.63, 3.8) is 0 Å². The van der Waals surface area contributed by atoms with Crippen LogP contribution in [-0.4, -0.2) is 31.0 Å². The maximum Gasteiger partial charge on any atom is 0.0656 e. The fraction of sp³-hybridized carbons (Fsp3) is 1.00. The molecular weight excluding hydrogens is 178 g/mol. The van der Waals surface area contributed by atoms with Crippen LogP contribution < -0.4 is 5.73 Å². The van der Waals surface area contributed by atoms with Crippen molar-refractivity contribution in [3.8, 4) is 0 Å². The van der Waals surface area contributed by atoms with Gasteiger partial charge in [0.05, 0.1) is 12.7 Å². The molecule has 3 atom stereocenters. The molecule has 0 radical (unpaired) electrons. The van der Waals surface area contributed by atoms with Gasteiger partial charge in [-0.25, -0.2) is 0 Å². The highest BCUT2D eigenvalue weighted by molar-refractivity contribution is 4.92. The summed E-state index contributed by atoms with van der Waals surface area (Å²) in [5.74, 6) is 0.324. The minimum Gasteiger partial charge on any atom is -0.392 e. The van der Waals surface area contributed by atoms with Crippen LogP contribution in [0.3, 0.4) is 0 Å². The van der Waals surface area contributed by atoms with Gasteiger partial charge >= 0.3 is 0 Å². The Kier molecular flexibility index (Phi) is 4.35.